The van der Waals surface area contributed by atoms with Crippen LogP contribution in [0.2, 0.25) is 0 Å². The van der Waals surface area contributed by atoms with E-state index in [0.717, 1.165) is 57.8 Å². The molecule has 524 valence electrons. The number of amides is 3. The molecule has 0 fully saturated rings. The van der Waals surface area contributed by atoms with E-state index in [1.165, 1.54) is 230 Å². The SMILES string of the molecule is CCCCCCCCCCCCCCCC(=O)NCCCn1ccc(=O)c(O)c1C.CCCCCCCCCCCCCCCC(=O)NCCCn1ccc(=O)c(O)c1C.CCCCCCCCCCCCCCCC(=O)NCCCn1ccc(=O)c(O)c1C.[Fe]. The number of aromatic nitrogens is 3. The van der Waals surface area contributed by atoms with Gasteiger partial charge >= 0.3 is 0 Å². The van der Waals surface area contributed by atoms with Crippen LogP contribution in [-0.2, 0) is 51.1 Å². The molecule has 0 spiro atoms. The average Bonchev–Trinajstić information content (AvgIpc) is 2.14. The molecule has 0 atom stereocenters. The van der Waals surface area contributed by atoms with Crippen molar-refractivity contribution in [1.82, 2.24) is 29.7 Å². The number of unbranched alkanes of at least 4 members (excludes halogenated alkanes) is 36. The molecule has 0 aromatic carbocycles. The zero-order chi connectivity index (χ0) is 66.1. The Morgan fingerprint density at radius 1 is 0.308 bits per heavy atom. The quantitative estimate of drug-likeness (QED) is 0.0234. The van der Waals surface area contributed by atoms with Crippen LogP contribution < -0.4 is 32.2 Å². The fourth-order valence-electron chi connectivity index (χ4n) is 11.3. The van der Waals surface area contributed by atoms with E-state index in [-0.39, 0.29) is 68.3 Å². The molecule has 0 aliphatic carbocycles. The fraction of sp³-hybridized carbons (Fsp3) is 0.760. The molecule has 3 rings (SSSR count). The first-order valence-electron chi connectivity index (χ1n) is 36.6. The van der Waals surface area contributed by atoms with Crippen LogP contribution in [0.5, 0.6) is 17.2 Å². The topological polar surface area (TPSA) is 214 Å². The average molecular weight is 1320 g/mol. The molecule has 15 nitrogen and oxygen atoms in total. The molecule has 0 aliphatic heterocycles. The fourth-order valence-corrected chi connectivity index (χ4v) is 11.3. The minimum absolute atomic E-state index is 0. The van der Waals surface area contributed by atoms with E-state index in [1.54, 1.807) is 39.4 Å². The predicted octanol–water partition coefficient (Wildman–Crippen LogP) is 17.5. The summed E-state index contributed by atoms with van der Waals surface area (Å²) in [4.78, 5) is 69.8. The number of pyridine rings is 3. The van der Waals surface area contributed by atoms with Crippen molar-refractivity contribution in [3.63, 3.8) is 0 Å². The van der Waals surface area contributed by atoms with Gasteiger partial charge in [0.05, 0.1) is 17.1 Å². The third-order valence-electron chi connectivity index (χ3n) is 17.5. The standard InChI is InChI=1S/3C25H44N2O3.Fe/c3*1-3-4-5-6-7-8-9-10-11-12-13-14-15-17-24(29)26-19-16-20-27-21-18-23(28)25(30)22(27)2;/h3*18,21,30H,3-17,19-20H2,1-2H3,(H,26,29);. The molecule has 16 heteroatoms. The molecule has 0 bridgehead atoms. The van der Waals surface area contributed by atoms with Gasteiger partial charge in [-0.1, -0.05) is 252 Å². The van der Waals surface area contributed by atoms with Crippen molar-refractivity contribution < 1.29 is 46.8 Å². The van der Waals surface area contributed by atoms with Crippen molar-refractivity contribution >= 4 is 17.7 Å². The number of hydrogen-bond donors (Lipinski definition) is 6. The molecule has 91 heavy (non-hydrogen) atoms. The van der Waals surface area contributed by atoms with Gasteiger partial charge in [0.2, 0.25) is 34.0 Å². The Balaban J connectivity index is 0.00000133. The van der Waals surface area contributed by atoms with Crippen LogP contribution in [0.3, 0.4) is 0 Å². The first kappa shape index (κ1) is 86.2. The number of aryl methyl sites for hydroxylation is 3. The van der Waals surface area contributed by atoms with Gasteiger partial charge in [0.1, 0.15) is 0 Å². The van der Waals surface area contributed by atoms with E-state index >= 15 is 0 Å². The van der Waals surface area contributed by atoms with Crippen molar-refractivity contribution in [3.05, 3.63) is 84.5 Å². The third kappa shape index (κ3) is 46.8. The smallest absolute Gasteiger partial charge is 0.223 e. The van der Waals surface area contributed by atoms with Gasteiger partial charge < -0.3 is 45.0 Å². The summed E-state index contributed by atoms with van der Waals surface area (Å²) in [7, 11) is 0. The zero-order valence-corrected chi connectivity index (χ0v) is 59.6. The first-order valence-corrected chi connectivity index (χ1v) is 36.6. The van der Waals surface area contributed by atoms with Gasteiger partial charge in [-0.25, -0.2) is 0 Å². The normalized spacial score (nSPS) is 10.9. The van der Waals surface area contributed by atoms with Gasteiger partial charge in [-0.15, -0.1) is 0 Å². The van der Waals surface area contributed by atoms with Crippen molar-refractivity contribution in [2.75, 3.05) is 19.6 Å². The summed E-state index contributed by atoms with van der Waals surface area (Å²) in [6.45, 7) is 15.8. The van der Waals surface area contributed by atoms with E-state index in [1.807, 2.05) is 13.7 Å². The molecule has 0 saturated carbocycles. The van der Waals surface area contributed by atoms with E-state index in [4.69, 9.17) is 0 Å². The second-order valence-electron chi connectivity index (χ2n) is 25.5. The molecule has 3 heterocycles. The first-order chi connectivity index (χ1) is 43.7. The molecule has 0 radical (unpaired) electrons. The minimum atomic E-state index is -0.352. The van der Waals surface area contributed by atoms with Crippen LogP contribution in [0.4, 0.5) is 0 Å². The summed E-state index contributed by atoms with van der Waals surface area (Å²) in [5.74, 6) is -0.204. The number of rotatable bonds is 54. The molecule has 6 N–H and O–H groups in total. The predicted molar refractivity (Wildman–Crippen MR) is 375 cm³/mol. The third-order valence-corrected chi connectivity index (χ3v) is 17.5. The molecule has 3 aromatic rings. The summed E-state index contributed by atoms with van der Waals surface area (Å²) in [5, 5.41) is 37.9. The summed E-state index contributed by atoms with van der Waals surface area (Å²) in [6, 6.07) is 4.11. The molecule has 3 amide bonds. The summed E-state index contributed by atoms with van der Waals surface area (Å²) >= 11 is 0. The van der Waals surface area contributed by atoms with Crippen molar-refractivity contribution in [1.29, 1.82) is 0 Å². The van der Waals surface area contributed by atoms with E-state index in [0.29, 0.717) is 75.6 Å². The Bertz CT molecular complexity index is 2190. The van der Waals surface area contributed by atoms with E-state index < -0.39 is 0 Å². The summed E-state index contributed by atoms with van der Waals surface area (Å²) < 4.78 is 5.53. The number of carbonyl (C=O) groups excluding carboxylic acids is 3. The number of aromatic hydroxyl groups is 3. The van der Waals surface area contributed by atoms with E-state index in [2.05, 4.69) is 36.7 Å². The second-order valence-corrected chi connectivity index (χ2v) is 25.5. The van der Waals surface area contributed by atoms with Gasteiger partial charge in [-0.3, -0.25) is 28.8 Å². The summed E-state index contributed by atoms with van der Waals surface area (Å²) in [5.41, 5.74) is 0.655. The van der Waals surface area contributed by atoms with Crippen molar-refractivity contribution in [3.8, 4) is 17.2 Å². The Kier molecular flexibility index (Phi) is 57.0. The Hall–Kier alpha value is -4.82. The molecule has 0 aliphatic rings. The molecule has 0 saturated heterocycles. The van der Waals surface area contributed by atoms with Crippen LogP contribution in [0.15, 0.2) is 51.2 Å². The second kappa shape index (κ2) is 60.1. The van der Waals surface area contributed by atoms with Crippen molar-refractivity contribution in [2.45, 2.75) is 350 Å². The molecular formula is C75H132FeN6O9. The van der Waals surface area contributed by atoms with Crippen LogP contribution in [0.1, 0.15) is 327 Å². The monoisotopic (exact) mass is 1320 g/mol. The Morgan fingerprint density at radius 2 is 0.484 bits per heavy atom. The van der Waals surface area contributed by atoms with Crippen molar-refractivity contribution in [2.24, 2.45) is 0 Å². The molecule has 0 unspecified atom stereocenters. The zero-order valence-electron chi connectivity index (χ0n) is 58.5. The van der Waals surface area contributed by atoms with E-state index in [9.17, 15) is 44.1 Å². The summed E-state index contributed by atoms with van der Waals surface area (Å²) in [6.07, 6.45) is 60.3. The van der Waals surface area contributed by atoms with Gasteiger partial charge in [0.25, 0.3) is 0 Å². The van der Waals surface area contributed by atoms with Crippen LogP contribution in [0.25, 0.3) is 0 Å². The van der Waals surface area contributed by atoms with Crippen LogP contribution in [0, 0.1) is 20.8 Å². The Labute approximate surface area is 562 Å². The maximum absolute atomic E-state index is 11.9. The number of nitrogens with one attached hydrogen (secondary N) is 3. The number of nitrogens with zero attached hydrogens (tertiary/aromatic N) is 3. The number of hydrogen-bond acceptors (Lipinski definition) is 9. The van der Waals surface area contributed by atoms with Gasteiger partial charge in [-0.05, 0) is 59.3 Å². The molecular weight excluding hydrogens is 1180 g/mol. The van der Waals surface area contributed by atoms with Crippen LogP contribution >= 0.6 is 0 Å². The maximum Gasteiger partial charge on any atom is 0.223 e. The maximum atomic E-state index is 11.9. The van der Waals surface area contributed by atoms with Gasteiger partial charge in [0.15, 0.2) is 17.2 Å². The molecule has 3 aromatic heterocycles. The van der Waals surface area contributed by atoms with Gasteiger partial charge in [0, 0.05) is 112 Å². The Morgan fingerprint density at radius 3 is 0.670 bits per heavy atom. The number of carbonyl (C=O) groups is 3. The van der Waals surface area contributed by atoms with Gasteiger partial charge in [-0.2, -0.15) is 0 Å². The van der Waals surface area contributed by atoms with Crippen LogP contribution in [-0.4, -0.2) is 66.4 Å². The minimum Gasteiger partial charge on any atom is -0.503 e. The largest absolute Gasteiger partial charge is 0.503 e.